The molecule has 12 rings (SSSR count). The molecule has 10 fully saturated rings. The number of carbonyl (C=O) groups excluding carboxylic acids is 1. The zero-order chi connectivity index (χ0) is 18.1. The summed E-state index contributed by atoms with van der Waals surface area (Å²) in [5, 5.41) is 0. The molecule has 28 heavy (non-hydrogen) atoms. The maximum atomic E-state index is 13.6. The van der Waals surface area contributed by atoms with Crippen LogP contribution < -0.4 is 0 Å². The first-order valence-electron chi connectivity index (χ1n) is 11.2. The summed E-state index contributed by atoms with van der Waals surface area (Å²) in [5.41, 5.74) is 3.13. The molecule has 10 heterocycles. The van der Waals surface area contributed by atoms with E-state index in [1.165, 1.54) is 12.8 Å². The molecule has 1 nitrogen and oxygen atoms in total. The summed E-state index contributed by atoms with van der Waals surface area (Å²) in [4.78, 5) is 21.4. The zero-order valence-corrected chi connectivity index (χ0v) is 17.1. The monoisotopic (exact) mass is 408 g/mol. The first kappa shape index (κ1) is 12.4. The molecule has 0 amide bonds. The van der Waals surface area contributed by atoms with Crippen molar-refractivity contribution in [3.8, 4) is 0 Å². The molecule has 2 heteroatoms. The van der Waals surface area contributed by atoms with Gasteiger partial charge in [-0.3, -0.25) is 0 Å². The molecular weight excluding hydrogens is 384 g/mol. The van der Waals surface area contributed by atoms with Gasteiger partial charge in [0.05, 0.1) is 0 Å². The first-order valence-corrected chi connectivity index (χ1v) is 17.3. The molecule has 0 bridgehead atoms. The average molecular weight is 408 g/mol. The Hall–Kier alpha value is -1.37. The second-order valence-corrected chi connectivity index (χ2v) is 37.1. The van der Waals surface area contributed by atoms with Gasteiger partial charge in [-0.05, 0) is 0 Å². The Labute approximate surface area is 155 Å². The van der Waals surface area contributed by atoms with Gasteiger partial charge in [-0.25, -0.2) is 0 Å². The van der Waals surface area contributed by atoms with E-state index in [1.807, 2.05) is 6.92 Å². The first-order chi connectivity index (χ1) is 13.4. The Morgan fingerprint density at radius 3 is 1.86 bits per heavy atom. The summed E-state index contributed by atoms with van der Waals surface area (Å²) >= 11 is 0. The van der Waals surface area contributed by atoms with Gasteiger partial charge in [0.15, 0.2) is 0 Å². The summed E-state index contributed by atoms with van der Waals surface area (Å²) in [7, 11) is 0. The predicted molar refractivity (Wildman–Crippen MR) is 105 cm³/mol. The van der Waals surface area contributed by atoms with Crippen LogP contribution in [-0.4, -0.2) is 5.78 Å². The number of ketones is 1. The Morgan fingerprint density at radius 2 is 1.36 bits per heavy atom. The Balaban J connectivity index is 1.23. The van der Waals surface area contributed by atoms with Crippen LogP contribution in [0.3, 0.4) is 0 Å². The van der Waals surface area contributed by atoms with Gasteiger partial charge in [0.1, 0.15) is 0 Å². The number of hydrogen-bond donors (Lipinski definition) is 0. The molecule has 10 aliphatic rings. The van der Waals surface area contributed by atoms with Crippen LogP contribution in [-0.2, 0) is 24.1 Å². The fourth-order valence-electron chi connectivity index (χ4n) is 21.7. The predicted octanol–water partition coefficient (Wildman–Crippen LogP) is 6.56. The van der Waals surface area contributed by atoms with Gasteiger partial charge in [0.2, 0.25) is 0 Å². The molecule has 10 saturated heterocycles. The fourth-order valence-corrected chi connectivity index (χ4v) is 101. The molecule has 1 spiro atoms. The summed E-state index contributed by atoms with van der Waals surface area (Å²) < 4.78 is 1.57. The number of rotatable bonds is 5. The Kier molecular flexibility index (Phi) is 0.639. The van der Waals surface area contributed by atoms with E-state index in [0.717, 1.165) is 33.7 Å². The average Bonchev–Trinajstić information content (AvgIpc) is 3.66. The third kappa shape index (κ3) is 0.188. The van der Waals surface area contributed by atoms with Crippen molar-refractivity contribution in [2.75, 3.05) is 0 Å². The van der Waals surface area contributed by atoms with Gasteiger partial charge in [-0.2, -0.15) is 0 Å². The number of Topliss-reactive ketones (excluding diaryl/α,β-unsaturated/α-hetero) is 1. The molecule has 10 aliphatic heterocycles. The van der Waals surface area contributed by atoms with Crippen LogP contribution in [0.2, 0.25) is 46.7 Å². The Morgan fingerprint density at radius 1 is 0.786 bits per heavy atom. The molecule has 9 unspecified atom stereocenters. The van der Waals surface area contributed by atoms with E-state index in [-0.39, 0.29) is 0 Å². The standard InChI is InChI=1S/C14H13O.C12H11.Fe/c1-11(15)14-9-5-8-13(14)10-12-6-3-2-4-7-12;1-2-6-11(7-3-1)10-12-8-4-5-9-12;/h2-9H,10H2,1H3;1-9H,10H2;. The summed E-state index contributed by atoms with van der Waals surface area (Å²) in [6, 6.07) is 22.7. The van der Waals surface area contributed by atoms with Crippen molar-refractivity contribution in [2.24, 2.45) is 0 Å². The molecule has 0 aliphatic carbocycles. The maximum absolute atomic E-state index is 13.6. The van der Waals surface area contributed by atoms with E-state index in [9.17, 15) is 4.79 Å². The van der Waals surface area contributed by atoms with Crippen LogP contribution in [0.1, 0.15) is 18.1 Å². The van der Waals surface area contributed by atoms with E-state index in [4.69, 9.17) is 0 Å². The van der Waals surface area contributed by atoms with Gasteiger partial charge in [0.25, 0.3) is 0 Å². The summed E-state index contributed by atoms with van der Waals surface area (Å²) in [5.74, 6) is 0.692. The fraction of sp³-hybridized carbons (Fsp3) is 0.500. The van der Waals surface area contributed by atoms with Gasteiger partial charge < -0.3 is 0 Å². The van der Waals surface area contributed by atoms with Gasteiger partial charge in [-0.15, -0.1) is 0 Å². The van der Waals surface area contributed by atoms with E-state index in [0.29, 0.717) is 18.7 Å². The van der Waals surface area contributed by atoms with Crippen molar-refractivity contribution in [3.63, 3.8) is 0 Å². The van der Waals surface area contributed by atoms with Crippen molar-refractivity contribution < 1.29 is 11.3 Å². The van der Waals surface area contributed by atoms with E-state index in [1.54, 1.807) is 11.1 Å². The van der Waals surface area contributed by atoms with Crippen molar-refractivity contribution in [1.82, 2.24) is 0 Å². The molecular formula is C26H24FeO. The SMILES string of the molecule is CC(=O)[C]12[CH]3[CH]4[CH]5[C]1(Cc1ccccc1)[Fe]45321678[CH]2[CH]1[CH]6[C]7(Cc1ccccc1)[CH]28. The minimum absolute atomic E-state index is 0.298. The molecule has 0 radical (unpaired) electrons. The number of carbonyl (C=O) groups is 1. The molecule has 9 atom stereocenters. The van der Waals surface area contributed by atoms with Crippen molar-refractivity contribution in [1.29, 1.82) is 0 Å². The second-order valence-electron chi connectivity index (χ2n) is 14.0. The van der Waals surface area contributed by atoms with Crippen LogP contribution in [0.4, 0.5) is 0 Å². The van der Waals surface area contributed by atoms with Gasteiger partial charge in [-0.1, -0.05) is 0 Å². The normalized spacial score (nSPS) is 82.0. The van der Waals surface area contributed by atoms with Crippen LogP contribution in [0.15, 0.2) is 60.7 Å². The Bertz CT molecular complexity index is 1670. The van der Waals surface area contributed by atoms with Gasteiger partial charge in [0, 0.05) is 0 Å². The molecule has 142 valence electrons. The molecule has 2 aromatic rings. The van der Waals surface area contributed by atoms with Crippen molar-refractivity contribution >= 4 is 5.78 Å². The summed E-state index contributed by atoms with van der Waals surface area (Å²) in [6.45, 7) is -1.82. The van der Waals surface area contributed by atoms with Crippen LogP contribution in [0.25, 0.3) is 0 Å². The van der Waals surface area contributed by atoms with Gasteiger partial charge >= 0.3 is 155 Å². The second kappa shape index (κ2) is 1.45. The van der Waals surface area contributed by atoms with Crippen LogP contribution >= 0.6 is 0 Å². The van der Waals surface area contributed by atoms with Crippen LogP contribution in [0, 0.1) is 0 Å². The third-order valence-corrected chi connectivity index (χ3v) is 63.2. The number of benzene rings is 2. The molecule has 2 aromatic carbocycles. The third-order valence-electron chi connectivity index (χ3n) is 18.7. The molecule has 0 aromatic heterocycles. The van der Waals surface area contributed by atoms with Crippen molar-refractivity contribution in [2.45, 2.75) is 66.4 Å². The van der Waals surface area contributed by atoms with Crippen molar-refractivity contribution in [3.05, 3.63) is 71.8 Å². The van der Waals surface area contributed by atoms with E-state index in [2.05, 4.69) is 60.7 Å². The number of hydrogen-bond acceptors (Lipinski definition) is 1. The molecule has 0 saturated carbocycles. The quantitative estimate of drug-likeness (QED) is 0.512. The topological polar surface area (TPSA) is 17.1 Å². The number of fused-ring (bicyclic) bond motifs is 10. The van der Waals surface area contributed by atoms with E-state index >= 15 is 0 Å². The zero-order valence-electron chi connectivity index (χ0n) is 16.0. The molecule has 0 N–H and O–H groups in total. The van der Waals surface area contributed by atoms with E-state index < -0.39 is 6.51 Å². The minimum atomic E-state index is -3.87. The van der Waals surface area contributed by atoms with Crippen LogP contribution in [0.5, 0.6) is 0 Å². The summed E-state index contributed by atoms with van der Waals surface area (Å²) in [6.07, 6.45) is 2.65.